The molecule has 1 unspecified atom stereocenters. The van der Waals surface area contributed by atoms with Gasteiger partial charge in [0.25, 0.3) is 5.91 Å². The van der Waals surface area contributed by atoms with Gasteiger partial charge in [0.05, 0.1) is 11.6 Å². The molecule has 2 rings (SSSR count). The Kier molecular flexibility index (Phi) is 3.26. The van der Waals surface area contributed by atoms with E-state index in [1.165, 1.54) is 0 Å². The van der Waals surface area contributed by atoms with Crippen LogP contribution in [0.3, 0.4) is 0 Å². The molecule has 1 aromatic heterocycles. The molecule has 1 atom stereocenters. The van der Waals surface area contributed by atoms with Crippen LogP contribution in [0.4, 0.5) is 8.78 Å². The predicted molar refractivity (Wildman–Crippen MR) is 56.4 cm³/mol. The lowest BCUT2D eigenvalue weighted by molar-refractivity contribution is 0.0933. The molecule has 0 aliphatic carbocycles. The van der Waals surface area contributed by atoms with Gasteiger partial charge < -0.3 is 5.32 Å². The first kappa shape index (κ1) is 12.1. The number of rotatable bonds is 3. The number of carbonyl (C=O) groups excluding carboxylic acids is 1. The van der Waals surface area contributed by atoms with Gasteiger partial charge in [-0.05, 0) is 25.1 Å². The molecule has 2 N–H and O–H groups in total. The summed E-state index contributed by atoms with van der Waals surface area (Å²) in [5.41, 5.74) is -0.370. The van der Waals surface area contributed by atoms with Crippen molar-refractivity contribution in [2.75, 3.05) is 0 Å². The number of aromatic amines is 1. The first-order valence-electron chi connectivity index (χ1n) is 5.07. The molecule has 94 valence electrons. The Balaban J connectivity index is 2.15. The highest BCUT2D eigenvalue weighted by atomic mass is 19.1. The van der Waals surface area contributed by atoms with Gasteiger partial charge in [-0.25, -0.2) is 8.78 Å². The number of nitrogens with zero attached hydrogens (tertiary/aromatic N) is 3. The second-order valence-corrected chi connectivity index (χ2v) is 3.59. The third-order valence-electron chi connectivity index (χ3n) is 2.27. The average Bonchev–Trinajstić information content (AvgIpc) is 2.85. The van der Waals surface area contributed by atoms with E-state index < -0.39 is 23.6 Å². The normalized spacial score (nSPS) is 12.2. The van der Waals surface area contributed by atoms with Crippen LogP contribution in [0, 0.1) is 11.6 Å². The largest absolute Gasteiger partial charge is 0.342 e. The van der Waals surface area contributed by atoms with E-state index in [0.29, 0.717) is 0 Å². The van der Waals surface area contributed by atoms with Crippen LogP contribution in [-0.4, -0.2) is 26.5 Å². The zero-order valence-corrected chi connectivity index (χ0v) is 9.32. The summed E-state index contributed by atoms with van der Waals surface area (Å²) in [5, 5.41) is 15.3. The van der Waals surface area contributed by atoms with Crippen LogP contribution >= 0.6 is 0 Å². The number of benzene rings is 1. The fourth-order valence-electron chi connectivity index (χ4n) is 1.36. The second kappa shape index (κ2) is 4.86. The van der Waals surface area contributed by atoms with Crippen molar-refractivity contribution in [1.82, 2.24) is 25.9 Å². The van der Waals surface area contributed by atoms with Gasteiger partial charge in [-0.3, -0.25) is 4.79 Å². The zero-order chi connectivity index (χ0) is 13.1. The van der Waals surface area contributed by atoms with Gasteiger partial charge in [-0.2, -0.15) is 5.21 Å². The van der Waals surface area contributed by atoms with Crippen molar-refractivity contribution in [3.63, 3.8) is 0 Å². The first-order chi connectivity index (χ1) is 8.58. The maximum Gasteiger partial charge on any atom is 0.254 e. The summed E-state index contributed by atoms with van der Waals surface area (Å²) in [6.45, 7) is 1.60. The fraction of sp³-hybridized carbons (Fsp3) is 0.200. The highest BCUT2D eigenvalue weighted by Gasteiger charge is 2.17. The molecule has 0 bridgehead atoms. The summed E-state index contributed by atoms with van der Waals surface area (Å²) in [5.74, 6) is -1.98. The Hall–Kier alpha value is -2.38. The highest BCUT2D eigenvalue weighted by molar-refractivity contribution is 5.94. The van der Waals surface area contributed by atoms with Crippen LogP contribution in [0.2, 0.25) is 0 Å². The Labute approximate surface area is 100 Å². The predicted octanol–water partition coefficient (Wildman–Crippen LogP) is 0.969. The van der Waals surface area contributed by atoms with Gasteiger partial charge in [0, 0.05) is 0 Å². The Morgan fingerprint density at radius 1 is 1.44 bits per heavy atom. The minimum absolute atomic E-state index is 0.250. The standard InChI is InChI=1S/C10H9F2N5O/c1-5(9-14-16-17-15-9)13-10(18)7-4-6(11)2-3-8(7)12/h2-5H,1H3,(H,13,18)(H,14,15,16,17). The third kappa shape index (κ3) is 2.47. The number of carbonyl (C=O) groups is 1. The summed E-state index contributed by atoms with van der Waals surface area (Å²) in [6, 6.07) is 2.09. The van der Waals surface area contributed by atoms with Crippen molar-refractivity contribution in [3.05, 3.63) is 41.2 Å². The van der Waals surface area contributed by atoms with Crippen LogP contribution in [0.1, 0.15) is 29.1 Å². The van der Waals surface area contributed by atoms with Gasteiger partial charge in [0.2, 0.25) is 0 Å². The number of nitrogens with one attached hydrogen (secondary N) is 2. The quantitative estimate of drug-likeness (QED) is 0.853. The molecule has 8 heteroatoms. The monoisotopic (exact) mass is 253 g/mol. The van der Waals surface area contributed by atoms with E-state index in [1.807, 2.05) is 0 Å². The van der Waals surface area contributed by atoms with Crippen LogP contribution in [0.25, 0.3) is 0 Å². The SMILES string of the molecule is CC(NC(=O)c1cc(F)ccc1F)c1nn[nH]n1. The van der Waals surface area contributed by atoms with E-state index in [0.717, 1.165) is 18.2 Å². The molecule has 0 saturated heterocycles. The lowest BCUT2D eigenvalue weighted by Gasteiger charge is -2.10. The zero-order valence-electron chi connectivity index (χ0n) is 9.32. The molecular formula is C10H9F2N5O. The van der Waals surface area contributed by atoms with Crippen LogP contribution in [0.5, 0.6) is 0 Å². The van der Waals surface area contributed by atoms with Gasteiger partial charge in [0.15, 0.2) is 5.82 Å². The van der Waals surface area contributed by atoms with Gasteiger partial charge in [0.1, 0.15) is 11.6 Å². The number of hydrogen-bond acceptors (Lipinski definition) is 4. The number of aromatic nitrogens is 4. The number of hydrogen-bond donors (Lipinski definition) is 2. The molecule has 18 heavy (non-hydrogen) atoms. The minimum atomic E-state index is -0.797. The van der Waals surface area contributed by atoms with Crippen molar-refractivity contribution in [2.24, 2.45) is 0 Å². The molecule has 0 aliphatic heterocycles. The van der Waals surface area contributed by atoms with Crippen molar-refractivity contribution < 1.29 is 13.6 Å². The fourth-order valence-corrected chi connectivity index (χ4v) is 1.36. The summed E-state index contributed by atoms with van der Waals surface area (Å²) < 4.78 is 26.3. The molecule has 1 aromatic carbocycles. The van der Waals surface area contributed by atoms with Gasteiger partial charge >= 0.3 is 0 Å². The van der Waals surface area contributed by atoms with Crippen molar-refractivity contribution >= 4 is 5.91 Å². The lowest BCUT2D eigenvalue weighted by Crippen LogP contribution is -2.28. The van der Waals surface area contributed by atoms with Crippen molar-refractivity contribution in [3.8, 4) is 0 Å². The Morgan fingerprint density at radius 3 is 2.89 bits per heavy atom. The lowest BCUT2D eigenvalue weighted by atomic mass is 10.2. The van der Waals surface area contributed by atoms with E-state index in [1.54, 1.807) is 6.92 Å². The number of halogens is 2. The Morgan fingerprint density at radius 2 is 2.22 bits per heavy atom. The molecule has 1 heterocycles. The maximum atomic E-state index is 13.3. The average molecular weight is 253 g/mol. The van der Waals surface area contributed by atoms with Crippen LogP contribution in [0.15, 0.2) is 18.2 Å². The number of H-pyrrole nitrogens is 1. The summed E-state index contributed by atoms with van der Waals surface area (Å²) in [4.78, 5) is 11.7. The Bertz CT molecular complexity index is 557. The maximum absolute atomic E-state index is 13.3. The topological polar surface area (TPSA) is 83.6 Å². The van der Waals surface area contributed by atoms with E-state index in [4.69, 9.17) is 0 Å². The molecule has 1 amide bonds. The van der Waals surface area contributed by atoms with E-state index in [-0.39, 0.29) is 11.4 Å². The highest BCUT2D eigenvalue weighted by Crippen LogP contribution is 2.11. The first-order valence-corrected chi connectivity index (χ1v) is 5.07. The summed E-state index contributed by atoms with van der Waals surface area (Å²) in [7, 11) is 0. The summed E-state index contributed by atoms with van der Waals surface area (Å²) >= 11 is 0. The van der Waals surface area contributed by atoms with Gasteiger partial charge in [-0.1, -0.05) is 5.21 Å². The molecule has 0 spiro atoms. The van der Waals surface area contributed by atoms with Crippen molar-refractivity contribution in [1.29, 1.82) is 0 Å². The van der Waals surface area contributed by atoms with E-state index in [2.05, 4.69) is 25.9 Å². The van der Waals surface area contributed by atoms with Crippen molar-refractivity contribution in [2.45, 2.75) is 13.0 Å². The number of amides is 1. The molecule has 0 aliphatic rings. The van der Waals surface area contributed by atoms with E-state index >= 15 is 0 Å². The number of tetrazole rings is 1. The minimum Gasteiger partial charge on any atom is -0.342 e. The second-order valence-electron chi connectivity index (χ2n) is 3.59. The van der Waals surface area contributed by atoms with Gasteiger partial charge in [-0.15, -0.1) is 10.2 Å². The van der Waals surface area contributed by atoms with E-state index in [9.17, 15) is 13.6 Å². The van der Waals surface area contributed by atoms with Crippen LogP contribution in [-0.2, 0) is 0 Å². The third-order valence-corrected chi connectivity index (χ3v) is 2.27. The summed E-state index contributed by atoms with van der Waals surface area (Å²) in [6.07, 6.45) is 0. The molecule has 6 nitrogen and oxygen atoms in total. The molecule has 0 fully saturated rings. The molecule has 2 aromatic rings. The molecular weight excluding hydrogens is 244 g/mol. The molecule has 0 radical (unpaired) electrons. The van der Waals surface area contributed by atoms with Crippen LogP contribution < -0.4 is 5.32 Å². The molecule has 0 saturated carbocycles. The smallest absolute Gasteiger partial charge is 0.254 e.